The highest BCUT2D eigenvalue weighted by Gasteiger charge is 2.23. The van der Waals surface area contributed by atoms with E-state index in [1.54, 1.807) is 30.1 Å². The maximum absolute atomic E-state index is 15.1. The molecule has 0 amide bonds. The molecule has 1 saturated heterocycles. The number of nitrogens with zero attached hydrogens (tertiary/aromatic N) is 4. The molecule has 7 nitrogen and oxygen atoms in total. The normalized spacial score (nSPS) is 19.7. The third kappa shape index (κ3) is 3.24. The third-order valence-corrected chi connectivity index (χ3v) is 5.46. The third-order valence-electron chi connectivity index (χ3n) is 5.46. The summed E-state index contributed by atoms with van der Waals surface area (Å²) in [5.41, 5.74) is 2.19. The van der Waals surface area contributed by atoms with E-state index in [2.05, 4.69) is 44.7 Å². The summed E-state index contributed by atoms with van der Waals surface area (Å²) < 4.78 is 31.0. The number of nitrogens with one attached hydrogen (secondary N) is 3. The molecule has 1 aliphatic heterocycles. The van der Waals surface area contributed by atoms with Crippen LogP contribution < -0.4 is 15.5 Å². The molecule has 4 aromatic rings. The fourth-order valence-electron chi connectivity index (χ4n) is 4.32. The van der Waals surface area contributed by atoms with E-state index in [1.807, 2.05) is 6.07 Å². The lowest BCUT2D eigenvalue weighted by molar-refractivity contribution is 0.407. The first-order chi connectivity index (χ1) is 14.4. The highest BCUT2D eigenvalue weighted by Crippen LogP contribution is 2.32. The lowest BCUT2D eigenvalue weighted by atomic mass is 10.1. The number of benzene rings is 2. The molecule has 30 heavy (non-hydrogen) atoms. The van der Waals surface area contributed by atoms with Crippen LogP contribution in [0.3, 0.4) is 0 Å². The van der Waals surface area contributed by atoms with Gasteiger partial charge in [0.25, 0.3) is 0 Å². The van der Waals surface area contributed by atoms with E-state index in [4.69, 9.17) is 0 Å². The molecule has 2 atom stereocenters. The molecule has 3 heterocycles. The maximum Gasteiger partial charge on any atom is 0.163 e. The number of anilines is 3. The number of aromatic nitrogens is 4. The van der Waals surface area contributed by atoms with Gasteiger partial charge in [-0.25, -0.2) is 8.78 Å². The second kappa shape index (κ2) is 6.94. The number of hydrogen-bond acceptors (Lipinski definition) is 5. The Labute approximate surface area is 172 Å². The van der Waals surface area contributed by atoms with E-state index < -0.39 is 5.82 Å². The summed E-state index contributed by atoms with van der Waals surface area (Å²) in [5, 5.41) is 18.8. The van der Waals surface area contributed by atoms with Crippen molar-refractivity contribution in [2.45, 2.75) is 25.9 Å². The molecule has 2 aromatic carbocycles. The number of hydrogen-bond donors (Lipinski definition) is 3. The predicted octanol–water partition coefficient (Wildman–Crippen LogP) is 3.66. The quantitative estimate of drug-likeness (QED) is 0.480. The maximum atomic E-state index is 15.1. The van der Waals surface area contributed by atoms with Crippen molar-refractivity contribution in [2.75, 3.05) is 23.3 Å². The van der Waals surface area contributed by atoms with Gasteiger partial charge >= 0.3 is 0 Å². The van der Waals surface area contributed by atoms with Gasteiger partial charge < -0.3 is 15.5 Å². The minimum Gasteiger partial charge on any atom is -0.368 e. The minimum atomic E-state index is -0.444. The van der Waals surface area contributed by atoms with Crippen molar-refractivity contribution >= 4 is 39.0 Å². The second-order valence-corrected chi connectivity index (χ2v) is 8.12. The number of halogens is 2. The van der Waals surface area contributed by atoms with Crippen molar-refractivity contribution in [3.05, 3.63) is 42.1 Å². The molecule has 5 rings (SSSR count). The summed E-state index contributed by atoms with van der Waals surface area (Å²) in [7, 11) is 1.74. The molecule has 156 valence electrons. The van der Waals surface area contributed by atoms with Crippen LogP contribution in [0, 0.1) is 11.6 Å². The van der Waals surface area contributed by atoms with E-state index in [1.165, 1.54) is 6.07 Å². The first-order valence-electron chi connectivity index (χ1n) is 9.96. The first kappa shape index (κ1) is 18.8. The standard InChI is InChI=1S/C21H23F2N7/c1-11-8-30(9-12(2)24-11)15-6-16(22)19-18(7-15)26-27-21(19)25-14-4-13-10-29(3)28-20(13)17(23)5-14/h4-7,10-12,24H,8-9H2,1-3H3,(H2,25,26,27)/t11-,12-/m0/s1. The number of rotatable bonds is 3. The molecule has 0 aliphatic carbocycles. The van der Waals surface area contributed by atoms with E-state index >= 15 is 4.39 Å². The smallest absolute Gasteiger partial charge is 0.163 e. The Morgan fingerprint density at radius 3 is 2.60 bits per heavy atom. The van der Waals surface area contributed by atoms with Crippen molar-refractivity contribution in [2.24, 2.45) is 7.05 Å². The average molecular weight is 411 g/mol. The van der Waals surface area contributed by atoms with E-state index in [-0.39, 0.29) is 5.82 Å². The molecule has 0 bridgehead atoms. The second-order valence-electron chi connectivity index (χ2n) is 8.12. The van der Waals surface area contributed by atoms with Crippen molar-refractivity contribution in [1.82, 2.24) is 25.3 Å². The van der Waals surface area contributed by atoms with Crippen molar-refractivity contribution in [3.8, 4) is 0 Å². The van der Waals surface area contributed by atoms with Gasteiger partial charge in [-0.05, 0) is 38.1 Å². The van der Waals surface area contributed by atoms with Gasteiger partial charge in [0.1, 0.15) is 11.3 Å². The van der Waals surface area contributed by atoms with Crippen LogP contribution in [0.4, 0.5) is 26.0 Å². The van der Waals surface area contributed by atoms with Gasteiger partial charge in [0.05, 0.1) is 10.9 Å². The SMILES string of the molecule is C[C@H]1CN(c2cc(F)c3c(Nc4cc(F)c5nn(C)cc5c4)n[nH]c3c2)C[C@H](C)N1. The Balaban J connectivity index is 1.49. The van der Waals surface area contributed by atoms with Gasteiger partial charge in [-0.3, -0.25) is 9.78 Å². The molecule has 3 N–H and O–H groups in total. The average Bonchev–Trinajstić information content (AvgIpc) is 3.24. The highest BCUT2D eigenvalue weighted by molar-refractivity contribution is 5.95. The number of aromatic amines is 1. The van der Waals surface area contributed by atoms with Gasteiger partial charge in [-0.1, -0.05) is 0 Å². The summed E-state index contributed by atoms with van der Waals surface area (Å²) in [4.78, 5) is 2.17. The number of piperazine rings is 1. The van der Waals surface area contributed by atoms with Crippen molar-refractivity contribution in [3.63, 3.8) is 0 Å². The van der Waals surface area contributed by atoms with Crippen LogP contribution >= 0.6 is 0 Å². The van der Waals surface area contributed by atoms with Gasteiger partial charge in [0, 0.05) is 55.2 Å². The monoisotopic (exact) mass is 411 g/mol. The van der Waals surface area contributed by atoms with E-state index in [0.717, 1.165) is 18.8 Å². The Morgan fingerprint density at radius 2 is 1.83 bits per heavy atom. The molecule has 9 heteroatoms. The zero-order valence-electron chi connectivity index (χ0n) is 17.0. The topological polar surface area (TPSA) is 73.8 Å². The fourth-order valence-corrected chi connectivity index (χ4v) is 4.32. The van der Waals surface area contributed by atoms with Crippen LogP contribution in [0.15, 0.2) is 30.5 Å². The Morgan fingerprint density at radius 1 is 1.07 bits per heavy atom. The lowest BCUT2D eigenvalue weighted by Crippen LogP contribution is -2.54. The zero-order chi connectivity index (χ0) is 21.0. The van der Waals surface area contributed by atoms with Gasteiger partial charge in [-0.2, -0.15) is 10.2 Å². The van der Waals surface area contributed by atoms with E-state index in [9.17, 15) is 4.39 Å². The van der Waals surface area contributed by atoms with Crippen molar-refractivity contribution < 1.29 is 8.78 Å². The first-order valence-corrected chi connectivity index (χ1v) is 9.96. The number of fused-ring (bicyclic) bond motifs is 2. The summed E-state index contributed by atoms with van der Waals surface area (Å²) in [5.74, 6) is -0.501. The molecule has 0 spiro atoms. The Bertz CT molecular complexity index is 1240. The number of aryl methyl sites for hydroxylation is 1. The van der Waals surface area contributed by atoms with Gasteiger partial charge in [0.15, 0.2) is 11.6 Å². The molecular formula is C21H23F2N7. The van der Waals surface area contributed by atoms with Crippen LogP contribution in [-0.2, 0) is 7.05 Å². The van der Waals surface area contributed by atoms with Crippen LogP contribution in [-0.4, -0.2) is 45.2 Å². The molecule has 1 aliphatic rings. The molecule has 2 aromatic heterocycles. The molecular weight excluding hydrogens is 388 g/mol. The molecule has 0 saturated carbocycles. The summed E-state index contributed by atoms with van der Waals surface area (Å²) in [6.45, 7) is 5.85. The predicted molar refractivity (Wildman–Crippen MR) is 114 cm³/mol. The van der Waals surface area contributed by atoms with E-state index in [0.29, 0.717) is 45.4 Å². The zero-order valence-corrected chi connectivity index (χ0v) is 17.0. The van der Waals surface area contributed by atoms with Crippen LogP contribution in [0.5, 0.6) is 0 Å². The lowest BCUT2D eigenvalue weighted by Gasteiger charge is -2.37. The summed E-state index contributed by atoms with van der Waals surface area (Å²) >= 11 is 0. The molecule has 0 unspecified atom stereocenters. The Hall–Kier alpha value is -3.20. The highest BCUT2D eigenvalue weighted by atomic mass is 19.1. The van der Waals surface area contributed by atoms with Gasteiger partial charge in [-0.15, -0.1) is 0 Å². The van der Waals surface area contributed by atoms with Crippen LogP contribution in [0.2, 0.25) is 0 Å². The van der Waals surface area contributed by atoms with Crippen LogP contribution in [0.25, 0.3) is 21.8 Å². The summed E-state index contributed by atoms with van der Waals surface area (Å²) in [6, 6.07) is 7.20. The molecule has 1 fully saturated rings. The largest absolute Gasteiger partial charge is 0.368 e. The minimum absolute atomic E-state index is 0.297. The molecule has 0 radical (unpaired) electrons. The number of H-pyrrole nitrogens is 1. The Kier molecular flexibility index (Phi) is 4.35. The summed E-state index contributed by atoms with van der Waals surface area (Å²) in [6.07, 6.45) is 1.73. The fraction of sp³-hybridized carbons (Fsp3) is 0.333. The van der Waals surface area contributed by atoms with Crippen LogP contribution in [0.1, 0.15) is 13.8 Å². The van der Waals surface area contributed by atoms with Gasteiger partial charge in [0.2, 0.25) is 0 Å². The van der Waals surface area contributed by atoms with Crippen molar-refractivity contribution in [1.29, 1.82) is 0 Å².